The molecule has 0 unspecified atom stereocenters. The molecule has 0 rings (SSSR count). The van der Waals surface area contributed by atoms with E-state index in [9.17, 15) is 9.59 Å². The van der Waals surface area contributed by atoms with Crippen molar-refractivity contribution in [3.63, 3.8) is 0 Å². The molecule has 0 aliphatic rings. The van der Waals surface area contributed by atoms with E-state index in [1.165, 1.54) is 117 Å². The van der Waals surface area contributed by atoms with Crippen LogP contribution in [-0.2, 0) is 19.1 Å². The lowest BCUT2D eigenvalue weighted by molar-refractivity contribution is -0.170. The zero-order chi connectivity index (χ0) is 24.6. The maximum atomic E-state index is 12.7. The van der Waals surface area contributed by atoms with Gasteiger partial charge in [0.05, 0.1) is 14.2 Å². The molecule has 4 nitrogen and oxygen atoms in total. The number of carbonyl (C=O) groups excluding carboxylic acids is 2. The maximum Gasteiger partial charge on any atom is 0.323 e. The number of esters is 2. The summed E-state index contributed by atoms with van der Waals surface area (Å²) in [5.41, 5.74) is -1.12. The fraction of sp³-hybridized carbons (Fsp3) is 0.931. The first-order valence-electron chi connectivity index (χ1n) is 14.3. The molecule has 0 aromatic carbocycles. The van der Waals surface area contributed by atoms with Gasteiger partial charge in [-0.3, -0.25) is 9.59 Å². The van der Waals surface area contributed by atoms with Gasteiger partial charge in [0.2, 0.25) is 0 Å². The van der Waals surface area contributed by atoms with Gasteiger partial charge in [0.25, 0.3) is 0 Å². The molecule has 0 saturated heterocycles. The summed E-state index contributed by atoms with van der Waals surface area (Å²) >= 11 is 0. The molecule has 4 heteroatoms. The Balaban J connectivity index is 4.31. The Kier molecular flexibility index (Phi) is 22.0. The van der Waals surface area contributed by atoms with E-state index >= 15 is 0 Å². The lowest BCUT2D eigenvalue weighted by Gasteiger charge is -2.28. The normalized spacial score (nSPS) is 11.5. The summed E-state index contributed by atoms with van der Waals surface area (Å²) < 4.78 is 10.2. The largest absolute Gasteiger partial charge is 0.468 e. The second kappa shape index (κ2) is 22.7. The van der Waals surface area contributed by atoms with Gasteiger partial charge in [-0.1, -0.05) is 142 Å². The Morgan fingerprint density at radius 1 is 0.455 bits per heavy atom. The van der Waals surface area contributed by atoms with E-state index in [0.717, 1.165) is 25.7 Å². The summed E-state index contributed by atoms with van der Waals surface area (Å²) in [6.45, 7) is 4.50. The Morgan fingerprint density at radius 2 is 0.697 bits per heavy atom. The molecule has 0 heterocycles. The van der Waals surface area contributed by atoms with E-state index in [1.807, 2.05) is 0 Å². The Labute approximate surface area is 206 Å². The summed E-state index contributed by atoms with van der Waals surface area (Å²) in [5, 5.41) is 0. The highest BCUT2D eigenvalue weighted by Gasteiger charge is 2.47. The third kappa shape index (κ3) is 15.5. The van der Waals surface area contributed by atoms with Gasteiger partial charge < -0.3 is 9.47 Å². The minimum absolute atomic E-state index is 0.416. The van der Waals surface area contributed by atoms with Crippen molar-refractivity contribution < 1.29 is 19.1 Å². The quantitative estimate of drug-likeness (QED) is 0.0805. The van der Waals surface area contributed by atoms with Gasteiger partial charge in [-0.05, 0) is 12.8 Å². The lowest BCUT2D eigenvalue weighted by Crippen LogP contribution is -2.41. The molecule has 0 aliphatic carbocycles. The van der Waals surface area contributed by atoms with Gasteiger partial charge in [0.1, 0.15) is 0 Å². The molecule has 0 N–H and O–H groups in total. The van der Waals surface area contributed by atoms with Crippen molar-refractivity contribution in [2.45, 2.75) is 155 Å². The zero-order valence-corrected chi connectivity index (χ0v) is 22.7. The summed E-state index contributed by atoms with van der Waals surface area (Å²) in [6.07, 6.45) is 25.7. The van der Waals surface area contributed by atoms with Crippen LogP contribution in [-0.4, -0.2) is 26.2 Å². The van der Waals surface area contributed by atoms with Crippen molar-refractivity contribution in [2.75, 3.05) is 14.2 Å². The van der Waals surface area contributed by atoms with Crippen LogP contribution in [0.25, 0.3) is 0 Å². The van der Waals surface area contributed by atoms with Crippen LogP contribution >= 0.6 is 0 Å². The number of carbonyl (C=O) groups is 2. The van der Waals surface area contributed by atoms with Crippen LogP contribution in [0.5, 0.6) is 0 Å². The standard InChI is InChI=1S/C29H56O4/c1-5-7-9-11-13-15-17-19-21-23-25-29(27(30)32-3,28(31)33-4)26-24-22-20-18-16-14-12-10-8-6-2/h5-26H2,1-4H3. The highest BCUT2D eigenvalue weighted by atomic mass is 16.5. The van der Waals surface area contributed by atoms with Crippen molar-refractivity contribution in [1.29, 1.82) is 0 Å². The Morgan fingerprint density at radius 3 is 0.939 bits per heavy atom. The van der Waals surface area contributed by atoms with E-state index in [2.05, 4.69) is 13.8 Å². The number of rotatable bonds is 24. The highest BCUT2D eigenvalue weighted by Crippen LogP contribution is 2.35. The first-order valence-corrected chi connectivity index (χ1v) is 14.3. The van der Waals surface area contributed by atoms with Crippen LogP contribution in [0.15, 0.2) is 0 Å². The van der Waals surface area contributed by atoms with Crippen molar-refractivity contribution in [3.05, 3.63) is 0 Å². The van der Waals surface area contributed by atoms with E-state index in [4.69, 9.17) is 9.47 Å². The fourth-order valence-corrected chi connectivity index (χ4v) is 4.84. The molecule has 0 saturated carbocycles. The first kappa shape index (κ1) is 31.9. The van der Waals surface area contributed by atoms with Crippen LogP contribution in [0.4, 0.5) is 0 Å². The SMILES string of the molecule is CCCCCCCCCCCCC(CCCCCCCCCCCC)(C(=O)OC)C(=O)OC. The third-order valence-corrected chi connectivity index (χ3v) is 7.07. The van der Waals surface area contributed by atoms with Crippen LogP contribution in [0.1, 0.15) is 155 Å². The second-order valence-corrected chi connectivity index (χ2v) is 9.93. The molecule has 0 amide bonds. The summed E-state index contributed by atoms with van der Waals surface area (Å²) in [5.74, 6) is -0.831. The van der Waals surface area contributed by atoms with Crippen LogP contribution < -0.4 is 0 Å². The van der Waals surface area contributed by atoms with Crippen LogP contribution in [0.2, 0.25) is 0 Å². The van der Waals surface area contributed by atoms with Crippen molar-refractivity contribution >= 4 is 11.9 Å². The van der Waals surface area contributed by atoms with Gasteiger partial charge >= 0.3 is 11.9 Å². The summed E-state index contributed by atoms with van der Waals surface area (Å²) in [6, 6.07) is 0. The van der Waals surface area contributed by atoms with E-state index in [0.29, 0.717) is 12.8 Å². The molecule has 0 atom stereocenters. The van der Waals surface area contributed by atoms with E-state index < -0.39 is 17.4 Å². The molecule has 33 heavy (non-hydrogen) atoms. The number of methoxy groups -OCH3 is 2. The van der Waals surface area contributed by atoms with E-state index in [-0.39, 0.29) is 0 Å². The number of ether oxygens (including phenoxy) is 2. The molecular formula is C29H56O4. The molecule has 0 aliphatic heterocycles. The van der Waals surface area contributed by atoms with Crippen LogP contribution in [0, 0.1) is 5.41 Å². The lowest BCUT2D eigenvalue weighted by atomic mass is 9.77. The van der Waals surface area contributed by atoms with Crippen molar-refractivity contribution in [3.8, 4) is 0 Å². The van der Waals surface area contributed by atoms with E-state index in [1.54, 1.807) is 0 Å². The van der Waals surface area contributed by atoms with Crippen LogP contribution in [0.3, 0.4) is 0 Å². The summed E-state index contributed by atoms with van der Waals surface area (Å²) in [7, 11) is 2.77. The second-order valence-electron chi connectivity index (χ2n) is 9.93. The monoisotopic (exact) mass is 468 g/mol. The Hall–Kier alpha value is -1.06. The van der Waals surface area contributed by atoms with Crippen molar-refractivity contribution in [1.82, 2.24) is 0 Å². The number of hydrogen-bond acceptors (Lipinski definition) is 4. The van der Waals surface area contributed by atoms with Gasteiger partial charge in [-0.25, -0.2) is 0 Å². The third-order valence-electron chi connectivity index (χ3n) is 7.07. The molecule has 0 fully saturated rings. The molecule has 0 spiro atoms. The summed E-state index contributed by atoms with van der Waals surface area (Å²) in [4.78, 5) is 25.4. The maximum absolute atomic E-state index is 12.7. The molecule has 0 radical (unpaired) electrons. The minimum Gasteiger partial charge on any atom is -0.468 e. The average molecular weight is 469 g/mol. The van der Waals surface area contributed by atoms with Crippen molar-refractivity contribution in [2.24, 2.45) is 5.41 Å². The predicted molar refractivity (Wildman–Crippen MR) is 139 cm³/mol. The molecular weight excluding hydrogens is 412 g/mol. The molecule has 0 bridgehead atoms. The average Bonchev–Trinajstić information content (AvgIpc) is 2.84. The Bertz CT molecular complexity index is 419. The smallest absolute Gasteiger partial charge is 0.323 e. The van der Waals surface area contributed by atoms with Gasteiger partial charge in [-0.2, -0.15) is 0 Å². The van der Waals surface area contributed by atoms with Gasteiger partial charge in [-0.15, -0.1) is 0 Å². The number of unbranched alkanes of at least 4 members (excludes halogenated alkanes) is 18. The zero-order valence-electron chi connectivity index (χ0n) is 22.7. The molecule has 0 aromatic rings. The minimum atomic E-state index is -1.12. The van der Waals surface area contributed by atoms with Gasteiger partial charge in [0, 0.05) is 0 Å². The number of hydrogen-bond donors (Lipinski definition) is 0. The highest BCUT2D eigenvalue weighted by molar-refractivity contribution is 5.99. The molecule has 0 aromatic heterocycles. The fourth-order valence-electron chi connectivity index (χ4n) is 4.84. The first-order chi connectivity index (χ1) is 16.1. The molecule has 196 valence electrons. The predicted octanol–water partition coefficient (Wildman–Crippen LogP) is 8.94. The van der Waals surface area contributed by atoms with Gasteiger partial charge in [0.15, 0.2) is 5.41 Å². The topological polar surface area (TPSA) is 52.6 Å².